The van der Waals surface area contributed by atoms with Gasteiger partial charge in [-0.2, -0.15) is 0 Å². The van der Waals surface area contributed by atoms with Crippen LogP contribution in [0, 0.1) is 13.8 Å². The van der Waals surface area contributed by atoms with Gasteiger partial charge in [-0.15, -0.1) is 45.3 Å². The molecule has 0 N–H and O–H groups in total. The molecular weight excluding hydrogens is 561 g/mol. The fourth-order valence-electron chi connectivity index (χ4n) is 5.37. The zero-order valence-corrected chi connectivity index (χ0v) is 25.4. The number of hydrogen-bond donors (Lipinski definition) is 0. The summed E-state index contributed by atoms with van der Waals surface area (Å²) in [6.07, 6.45) is 0. The van der Waals surface area contributed by atoms with Crippen LogP contribution in [0.1, 0.15) is 11.1 Å². The number of aryl methyl sites for hydroxylation is 2. The van der Waals surface area contributed by atoms with E-state index >= 15 is 0 Å². The van der Waals surface area contributed by atoms with Crippen molar-refractivity contribution >= 4 is 106 Å². The summed E-state index contributed by atoms with van der Waals surface area (Å²) in [5.41, 5.74) is 2.80. The minimum atomic E-state index is 1.36. The average Bonchev–Trinajstić information content (AvgIpc) is 3.78. The van der Waals surface area contributed by atoms with Gasteiger partial charge in [-0.3, -0.25) is 0 Å². The zero-order valence-electron chi connectivity index (χ0n) is 22.2. The first kappa shape index (κ1) is 25.4. The maximum Gasteiger partial charge on any atom is 0.0629 e. The molecule has 0 nitrogen and oxygen atoms in total. The van der Waals surface area contributed by atoms with E-state index in [1.165, 1.54) is 71.6 Å². The summed E-state index contributed by atoms with van der Waals surface area (Å²) in [5, 5.41) is 12.6. The normalized spacial score (nSPS) is 11.2. The maximum atomic E-state index is 2.21. The van der Waals surface area contributed by atoms with E-state index in [4.69, 9.17) is 0 Å². The van der Waals surface area contributed by atoms with Crippen molar-refractivity contribution in [3.8, 4) is 0 Å². The molecule has 0 radical (unpaired) electrons. The van der Waals surface area contributed by atoms with Gasteiger partial charge in [-0.25, -0.2) is 0 Å². The third-order valence-corrected chi connectivity index (χ3v) is 12.0. The molecule has 0 aliphatic carbocycles. The van der Waals surface area contributed by atoms with Crippen molar-refractivity contribution in [2.24, 2.45) is 0 Å². The molecule has 4 heterocycles. The van der Waals surface area contributed by atoms with Crippen LogP contribution in [0.3, 0.4) is 0 Å². The summed E-state index contributed by atoms with van der Waals surface area (Å²) in [6, 6.07) is 38.8. The van der Waals surface area contributed by atoms with E-state index in [1.54, 1.807) is 0 Å². The van der Waals surface area contributed by atoms with E-state index in [-0.39, 0.29) is 0 Å². The van der Waals surface area contributed by atoms with Gasteiger partial charge < -0.3 is 0 Å². The lowest BCUT2D eigenvalue weighted by atomic mass is 9.93. The van der Waals surface area contributed by atoms with E-state index in [1.807, 2.05) is 45.3 Å². The van der Waals surface area contributed by atoms with E-state index in [0.29, 0.717) is 0 Å². The molecule has 0 amide bonds. The molecule has 40 heavy (non-hydrogen) atoms. The third-order valence-electron chi connectivity index (χ3n) is 7.48. The smallest absolute Gasteiger partial charge is 0.0629 e. The van der Waals surface area contributed by atoms with Crippen LogP contribution in [0.15, 0.2) is 120 Å². The number of hydrogen-bond acceptors (Lipinski definition) is 4. The Bertz CT molecular complexity index is 2100. The molecule has 0 bridgehead atoms. The minimum Gasteiger partial charge on any atom is -0.141 e. The first-order valence-corrected chi connectivity index (χ1v) is 16.6. The number of thiophene rings is 4. The van der Waals surface area contributed by atoms with Crippen LogP contribution in [0.5, 0.6) is 0 Å². The molecule has 5 aromatic carbocycles. The molecular formula is C36H26S4. The quantitative estimate of drug-likeness (QED) is 0.155. The van der Waals surface area contributed by atoms with Crippen LogP contribution in [-0.4, -0.2) is 0 Å². The molecule has 0 aliphatic rings. The van der Waals surface area contributed by atoms with E-state index in [0.717, 1.165) is 0 Å². The second kappa shape index (κ2) is 10.8. The van der Waals surface area contributed by atoms with Crippen LogP contribution in [0.4, 0.5) is 0 Å². The van der Waals surface area contributed by atoms with Crippen LogP contribution in [-0.2, 0) is 0 Å². The molecule has 0 saturated carbocycles. The lowest BCUT2D eigenvalue weighted by Gasteiger charge is -2.11. The van der Waals surface area contributed by atoms with Gasteiger partial charge in [0.25, 0.3) is 0 Å². The Balaban J connectivity index is 0.000000101. The lowest BCUT2D eigenvalue weighted by Crippen LogP contribution is -1.87. The van der Waals surface area contributed by atoms with Crippen molar-refractivity contribution in [2.45, 2.75) is 13.8 Å². The fraction of sp³-hybridized carbons (Fsp3) is 0.0556. The van der Waals surface area contributed by atoms with E-state index < -0.39 is 0 Å². The third kappa shape index (κ3) is 4.51. The molecule has 4 aromatic heterocycles. The fourth-order valence-corrected chi connectivity index (χ4v) is 9.99. The summed E-state index contributed by atoms with van der Waals surface area (Å²) in [7, 11) is 0. The van der Waals surface area contributed by atoms with Crippen molar-refractivity contribution < 1.29 is 0 Å². The second-order valence-electron chi connectivity index (χ2n) is 9.77. The first-order chi connectivity index (χ1) is 19.7. The highest BCUT2D eigenvalue weighted by Gasteiger charge is 2.07. The molecule has 0 aliphatic heterocycles. The Morgan fingerprint density at radius 1 is 0.350 bits per heavy atom. The molecule has 0 spiro atoms. The van der Waals surface area contributed by atoms with Crippen LogP contribution >= 0.6 is 45.3 Å². The Hall–Kier alpha value is -3.54. The number of rotatable bonds is 0. The molecule has 0 saturated heterocycles. The molecule has 0 unspecified atom stereocenters. The van der Waals surface area contributed by atoms with Crippen molar-refractivity contribution in [2.75, 3.05) is 0 Å². The van der Waals surface area contributed by atoms with Crippen molar-refractivity contribution in [1.29, 1.82) is 0 Å². The molecule has 4 heteroatoms. The molecule has 0 fully saturated rings. The summed E-state index contributed by atoms with van der Waals surface area (Å²) in [4.78, 5) is 0. The molecule has 0 atom stereocenters. The topological polar surface area (TPSA) is 0 Å². The average molecular weight is 587 g/mol. The van der Waals surface area contributed by atoms with Crippen molar-refractivity contribution in [1.82, 2.24) is 0 Å². The van der Waals surface area contributed by atoms with Crippen LogP contribution in [0.25, 0.3) is 60.5 Å². The van der Waals surface area contributed by atoms with Crippen molar-refractivity contribution in [3.05, 3.63) is 131 Å². The monoisotopic (exact) mass is 586 g/mol. The standard InChI is InChI=1S/C16H14.C12H8S.C8H4S3/c1-11-12(2)14-8-4-6-10-16(14)15-9-5-3-7-13(11)15;1-3-7-11-9(5-1)10-6-2-4-8-12(10)13-11;1-3-9-7-5(1)11-6-2-4-10-8(6)7/h3-10H,1-2H3;1-8H;1-4H. The van der Waals surface area contributed by atoms with Gasteiger partial charge in [0.2, 0.25) is 0 Å². The predicted molar refractivity (Wildman–Crippen MR) is 185 cm³/mol. The summed E-state index contributed by atoms with van der Waals surface area (Å²) < 4.78 is 8.58. The predicted octanol–water partition coefficient (Wildman–Crippen LogP) is 12.8. The SMILES string of the molecule is Cc1c(C)c2ccccc2c2ccccc12.c1cc2sc3ccsc3c2s1.c1ccc2c(c1)sc1ccccc12. The van der Waals surface area contributed by atoms with Gasteiger partial charge in [0.1, 0.15) is 0 Å². The Labute approximate surface area is 249 Å². The Kier molecular flexibility index (Phi) is 6.86. The molecule has 194 valence electrons. The van der Waals surface area contributed by atoms with E-state index in [2.05, 4.69) is 134 Å². The van der Waals surface area contributed by atoms with Crippen molar-refractivity contribution in [3.63, 3.8) is 0 Å². The molecule has 9 rings (SSSR count). The molecule has 9 aromatic rings. The first-order valence-electron chi connectivity index (χ1n) is 13.2. The van der Waals surface area contributed by atoms with Gasteiger partial charge in [0, 0.05) is 29.6 Å². The largest absolute Gasteiger partial charge is 0.141 e. The number of fused-ring (bicyclic) bond motifs is 9. The van der Waals surface area contributed by atoms with Gasteiger partial charge >= 0.3 is 0 Å². The zero-order chi connectivity index (χ0) is 27.1. The van der Waals surface area contributed by atoms with Gasteiger partial charge in [-0.05, 0) is 81.5 Å². The maximum absolute atomic E-state index is 2.21. The highest BCUT2D eigenvalue weighted by atomic mass is 32.1. The highest BCUT2D eigenvalue weighted by molar-refractivity contribution is 7.37. The highest BCUT2D eigenvalue weighted by Crippen LogP contribution is 2.40. The second-order valence-corrected chi connectivity index (χ2v) is 13.8. The van der Waals surface area contributed by atoms with E-state index in [9.17, 15) is 0 Å². The van der Waals surface area contributed by atoms with Crippen LogP contribution in [0.2, 0.25) is 0 Å². The summed E-state index contributed by atoms with van der Waals surface area (Å²) in [6.45, 7) is 4.42. The lowest BCUT2D eigenvalue weighted by molar-refractivity contribution is 1.41. The summed E-state index contributed by atoms with van der Waals surface area (Å²) >= 11 is 7.46. The van der Waals surface area contributed by atoms with Gasteiger partial charge in [-0.1, -0.05) is 84.9 Å². The summed E-state index contributed by atoms with van der Waals surface area (Å²) in [5.74, 6) is 0. The Morgan fingerprint density at radius 3 is 1.15 bits per heavy atom. The number of benzene rings is 5. The van der Waals surface area contributed by atoms with Gasteiger partial charge in [0.15, 0.2) is 0 Å². The van der Waals surface area contributed by atoms with Gasteiger partial charge in [0.05, 0.1) is 9.40 Å². The minimum absolute atomic E-state index is 1.36. The Morgan fingerprint density at radius 2 is 0.700 bits per heavy atom. The van der Waals surface area contributed by atoms with Crippen LogP contribution < -0.4 is 0 Å².